The van der Waals surface area contributed by atoms with Gasteiger partial charge in [-0.25, -0.2) is 0 Å². The van der Waals surface area contributed by atoms with E-state index in [0.717, 1.165) is 17.0 Å². The Morgan fingerprint density at radius 1 is 1.12 bits per heavy atom. The van der Waals surface area contributed by atoms with Crippen molar-refractivity contribution in [3.05, 3.63) is 58.7 Å². The summed E-state index contributed by atoms with van der Waals surface area (Å²) in [5.41, 5.74) is 2.97. The second kappa shape index (κ2) is 7.76. The van der Waals surface area contributed by atoms with Crippen molar-refractivity contribution in [2.75, 3.05) is 14.2 Å². The molecule has 0 aliphatic rings. The Morgan fingerprint density at radius 2 is 1.92 bits per heavy atom. The van der Waals surface area contributed by atoms with Crippen LogP contribution in [0.2, 0.25) is 0 Å². The zero-order valence-electron chi connectivity index (χ0n) is 13.9. The van der Waals surface area contributed by atoms with Crippen LogP contribution in [-0.4, -0.2) is 30.1 Å². The molecule has 0 atom stereocenters. The lowest BCUT2D eigenvalue weighted by molar-refractivity contribution is 0.0950. The van der Waals surface area contributed by atoms with Gasteiger partial charge in [0.15, 0.2) is 11.5 Å². The second-order valence-corrected chi connectivity index (χ2v) is 5.90. The first kappa shape index (κ1) is 16.9. The monoisotopic (exact) mass is 355 g/mol. The molecule has 3 aromatic rings. The Balaban J connectivity index is 1.75. The maximum Gasteiger partial charge on any atom is 0.251 e. The summed E-state index contributed by atoms with van der Waals surface area (Å²) in [6.45, 7) is 0.284. The van der Waals surface area contributed by atoms with E-state index in [2.05, 4.69) is 15.3 Å². The van der Waals surface area contributed by atoms with Gasteiger partial charge in [0.2, 0.25) is 0 Å². The minimum Gasteiger partial charge on any atom is -0.493 e. The van der Waals surface area contributed by atoms with E-state index < -0.39 is 0 Å². The molecule has 6 nitrogen and oxygen atoms in total. The third-order valence-corrected chi connectivity index (χ3v) is 4.31. The van der Waals surface area contributed by atoms with Crippen molar-refractivity contribution in [2.45, 2.75) is 6.54 Å². The number of aromatic nitrogens is 2. The van der Waals surface area contributed by atoms with Crippen molar-refractivity contribution >= 4 is 17.2 Å². The predicted molar refractivity (Wildman–Crippen MR) is 96.1 cm³/mol. The molecule has 2 aromatic heterocycles. The minimum atomic E-state index is -0.220. The molecule has 0 bridgehead atoms. The Bertz CT molecular complexity index is 866. The van der Waals surface area contributed by atoms with E-state index in [4.69, 9.17) is 9.47 Å². The number of hydrogen-bond donors (Lipinski definition) is 1. The molecule has 0 unspecified atom stereocenters. The Labute approximate surface area is 149 Å². The van der Waals surface area contributed by atoms with Crippen LogP contribution in [0.1, 0.15) is 16.1 Å². The molecular weight excluding hydrogens is 338 g/mol. The van der Waals surface area contributed by atoms with Crippen molar-refractivity contribution in [2.24, 2.45) is 0 Å². The van der Waals surface area contributed by atoms with Gasteiger partial charge in [0, 0.05) is 28.9 Å². The van der Waals surface area contributed by atoms with E-state index >= 15 is 0 Å². The summed E-state index contributed by atoms with van der Waals surface area (Å²) < 4.78 is 10.4. The number of thiophene rings is 1. The molecule has 0 saturated carbocycles. The molecule has 7 heteroatoms. The van der Waals surface area contributed by atoms with Gasteiger partial charge in [-0.05, 0) is 29.6 Å². The number of methoxy groups -OCH3 is 2. The van der Waals surface area contributed by atoms with Crippen molar-refractivity contribution in [3.63, 3.8) is 0 Å². The molecule has 0 aliphatic carbocycles. The van der Waals surface area contributed by atoms with E-state index in [1.54, 1.807) is 49.0 Å². The highest BCUT2D eigenvalue weighted by Crippen LogP contribution is 2.27. The molecule has 0 radical (unpaired) electrons. The van der Waals surface area contributed by atoms with Crippen LogP contribution in [0.25, 0.3) is 11.3 Å². The van der Waals surface area contributed by atoms with Gasteiger partial charge in [0.05, 0.1) is 32.2 Å². The van der Waals surface area contributed by atoms with Crippen LogP contribution >= 0.6 is 11.3 Å². The van der Waals surface area contributed by atoms with Crippen molar-refractivity contribution in [1.82, 2.24) is 15.3 Å². The smallest absolute Gasteiger partial charge is 0.251 e. The van der Waals surface area contributed by atoms with E-state index in [9.17, 15) is 4.79 Å². The summed E-state index contributed by atoms with van der Waals surface area (Å²) in [5, 5.41) is 6.86. The third kappa shape index (κ3) is 3.77. The highest BCUT2D eigenvalue weighted by molar-refractivity contribution is 7.08. The number of nitrogens with one attached hydrogen (secondary N) is 1. The lowest BCUT2D eigenvalue weighted by Crippen LogP contribution is -2.23. The number of rotatable bonds is 6. The fraction of sp³-hybridized carbons (Fsp3) is 0.167. The number of carbonyl (C=O) groups excluding carboxylic acids is 1. The molecule has 3 rings (SSSR count). The first-order valence-electron chi connectivity index (χ1n) is 7.55. The van der Waals surface area contributed by atoms with Gasteiger partial charge >= 0.3 is 0 Å². The van der Waals surface area contributed by atoms with Crippen LogP contribution in [-0.2, 0) is 6.54 Å². The Morgan fingerprint density at radius 3 is 2.64 bits per heavy atom. The van der Waals surface area contributed by atoms with Gasteiger partial charge in [0.1, 0.15) is 0 Å². The summed E-state index contributed by atoms with van der Waals surface area (Å²) >= 11 is 1.59. The van der Waals surface area contributed by atoms with E-state index in [1.807, 2.05) is 16.8 Å². The van der Waals surface area contributed by atoms with Crippen LogP contribution in [0.15, 0.2) is 47.4 Å². The van der Waals surface area contributed by atoms with Gasteiger partial charge in [-0.15, -0.1) is 0 Å². The van der Waals surface area contributed by atoms with Crippen molar-refractivity contribution in [3.8, 4) is 22.8 Å². The van der Waals surface area contributed by atoms with Crippen LogP contribution < -0.4 is 14.8 Å². The van der Waals surface area contributed by atoms with Crippen molar-refractivity contribution in [1.29, 1.82) is 0 Å². The lowest BCUT2D eigenvalue weighted by atomic mass is 10.1. The summed E-state index contributed by atoms with van der Waals surface area (Å²) in [7, 11) is 3.09. The van der Waals surface area contributed by atoms with E-state index in [0.29, 0.717) is 17.1 Å². The molecule has 0 aliphatic heterocycles. The zero-order chi connectivity index (χ0) is 17.6. The largest absolute Gasteiger partial charge is 0.493 e. The molecule has 2 heterocycles. The first-order chi connectivity index (χ1) is 12.2. The Kier molecular flexibility index (Phi) is 5.25. The van der Waals surface area contributed by atoms with Gasteiger partial charge in [-0.1, -0.05) is 0 Å². The van der Waals surface area contributed by atoms with E-state index in [-0.39, 0.29) is 12.5 Å². The van der Waals surface area contributed by atoms with Crippen LogP contribution in [0, 0.1) is 0 Å². The normalized spacial score (nSPS) is 10.3. The summed E-state index contributed by atoms with van der Waals surface area (Å²) in [4.78, 5) is 21.2. The molecule has 1 amide bonds. The number of amides is 1. The van der Waals surface area contributed by atoms with Gasteiger partial charge in [-0.3, -0.25) is 14.8 Å². The lowest BCUT2D eigenvalue weighted by Gasteiger charge is -2.11. The maximum absolute atomic E-state index is 12.4. The SMILES string of the molecule is COc1ccc(C(=O)NCc2nccnc2-c2ccsc2)cc1OC. The predicted octanol–water partition coefficient (Wildman–Crippen LogP) is 3.15. The van der Waals surface area contributed by atoms with Crippen LogP contribution in [0.5, 0.6) is 11.5 Å². The number of nitrogens with zero attached hydrogens (tertiary/aromatic N) is 2. The standard InChI is InChI=1S/C18H17N3O3S/c1-23-15-4-3-12(9-16(15)24-2)18(22)21-10-14-17(20-7-6-19-14)13-5-8-25-11-13/h3-9,11H,10H2,1-2H3,(H,21,22). The average Bonchev–Trinajstić information content (AvgIpc) is 3.20. The molecule has 0 fully saturated rings. The van der Waals surface area contributed by atoms with Gasteiger partial charge < -0.3 is 14.8 Å². The fourth-order valence-electron chi connectivity index (χ4n) is 2.38. The van der Waals surface area contributed by atoms with Gasteiger partial charge in [0.25, 0.3) is 5.91 Å². The fourth-order valence-corrected chi connectivity index (χ4v) is 3.02. The van der Waals surface area contributed by atoms with Crippen LogP contribution in [0.4, 0.5) is 0 Å². The number of carbonyl (C=O) groups is 1. The van der Waals surface area contributed by atoms with Crippen molar-refractivity contribution < 1.29 is 14.3 Å². The van der Waals surface area contributed by atoms with Crippen LogP contribution in [0.3, 0.4) is 0 Å². The minimum absolute atomic E-state index is 0.220. The molecule has 0 saturated heterocycles. The molecule has 128 valence electrons. The summed E-state index contributed by atoms with van der Waals surface area (Å²) in [5.74, 6) is 0.865. The highest BCUT2D eigenvalue weighted by atomic mass is 32.1. The molecule has 1 aromatic carbocycles. The molecule has 25 heavy (non-hydrogen) atoms. The number of ether oxygens (including phenoxy) is 2. The average molecular weight is 355 g/mol. The quantitative estimate of drug-likeness (QED) is 0.735. The molecule has 0 spiro atoms. The highest BCUT2D eigenvalue weighted by Gasteiger charge is 2.13. The molecular formula is C18H17N3O3S. The van der Waals surface area contributed by atoms with Gasteiger partial charge in [-0.2, -0.15) is 11.3 Å². The van der Waals surface area contributed by atoms with E-state index in [1.165, 1.54) is 7.11 Å². The zero-order valence-corrected chi connectivity index (χ0v) is 14.7. The first-order valence-corrected chi connectivity index (χ1v) is 8.50. The Hall–Kier alpha value is -2.93. The topological polar surface area (TPSA) is 73.3 Å². The summed E-state index contributed by atoms with van der Waals surface area (Å²) in [6, 6.07) is 7.01. The third-order valence-electron chi connectivity index (χ3n) is 3.63. The second-order valence-electron chi connectivity index (χ2n) is 5.12. The maximum atomic E-state index is 12.4. The number of benzene rings is 1. The summed E-state index contributed by atoms with van der Waals surface area (Å²) in [6.07, 6.45) is 3.26. The number of hydrogen-bond acceptors (Lipinski definition) is 6. The molecule has 1 N–H and O–H groups in total.